The van der Waals surface area contributed by atoms with Gasteiger partial charge < -0.3 is 20.7 Å². The Morgan fingerprint density at radius 3 is 2.81 bits per heavy atom. The third-order valence-electron chi connectivity index (χ3n) is 5.11. The molecule has 0 spiro atoms. The number of nitrogens with zero attached hydrogens (tertiary/aromatic N) is 3. The molecule has 1 aromatic carbocycles. The predicted molar refractivity (Wildman–Crippen MR) is 99.5 cm³/mol. The number of carbonyl (C=O) groups excluding carboxylic acids is 2. The number of piperidine rings is 1. The molecule has 1 fully saturated rings. The largest absolute Gasteiger partial charge is 0.476 e. The lowest BCUT2D eigenvalue weighted by molar-refractivity contribution is -0.122. The van der Waals surface area contributed by atoms with E-state index in [1.807, 2.05) is 24.3 Å². The first kappa shape index (κ1) is 17.4. The molecule has 3 heterocycles. The Morgan fingerprint density at radius 2 is 2.07 bits per heavy atom. The lowest BCUT2D eigenvalue weighted by atomic mass is 9.97. The van der Waals surface area contributed by atoms with Crippen molar-refractivity contribution in [1.82, 2.24) is 15.1 Å². The Morgan fingerprint density at radius 1 is 1.26 bits per heavy atom. The number of aromatic nitrogens is 2. The van der Waals surface area contributed by atoms with Gasteiger partial charge in [0, 0.05) is 31.4 Å². The highest BCUT2D eigenvalue weighted by Gasteiger charge is 2.24. The lowest BCUT2D eigenvalue weighted by Crippen LogP contribution is -2.41. The zero-order chi connectivity index (χ0) is 18.8. The smallest absolute Gasteiger partial charge is 0.272 e. The number of hydrogen-bond donors (Lipinski definition) is 2. The van der Waals surface area contributed by atoms with Gasteiger partial charge >= 0.3 is 0 Å². The molecule has 3 N–H and O–H groups in total. The molecule has 2 amide bonds. The van der Waals surface area contributed by atoms with E-state index in [-0.39, 0.29) is 17.7 Å². The zero-order valence-electron chi connectivity index (χ0n) is 15.1. The van der Waals surface area contributed by atoms with E-state index in [1.54, 1.807) is 10.7 Å². The van der Waals surface area contributed by atoms with Gasteiger partial charge in [0.1, 0.15) is 6.61 Å². The molecule has 1 aromatic heterocycles. The van der Waals surface area contributed by atoms with Crippen molar-refractivity contribution in [3.8, 4) is 5.88 Å². The average Bonchev–Trinajstić information content (AvgIpc) is 3.29. The summed E-state index contributed by atoms with van der Waals surface area (Å²) >= 11 is 0. The Bertz CT molecular complexity index is 824. The topological polar surface area (TPSA) is 102 Å². The minimum absolute atomic E-state index is 0.0850. The molecule has 8 heteroatoms. The molecular formula is C19H23N5O3. The molecule has 1 atom stereocenters. The summed E-state index contributed by atoms with van der Waals surface area (Å²) in [5.74, 6) is 0.109. The zero-order valence-corrected chi connectivity index (χ0v) is 15.1. The lowest BCUT2D eigenvalue weighted by Gasteiger charge is -2.33. The summed E-state index contributed by atoms with van der Waals surface area (Å²) in [6, 6.07) is 9.67. The monoisotopic (exact) mass is 369 g/mol. The van der Waals surface area contributed by atoms with Crippen molar-refractivity contribution >= 4 is 17.5 Å². The molecule has 1 saturated heterocycles. The second-order valence-electron chi connectivity index (χ2n) is 6.98. The van der Waals surface area contributed by atoms with Crippen LogP contribution in [0.25, 0.3) is 0 Å². The molecule has 142 valence electrons. The molecule has 2 aliphatic heterocycles. The van der Waals surface area contributed by atoms with Crippen molar-refractivity contribution in [2.75, 3.05) is 24.6 Å². The van der Waals surface area contributed by atoms with Crippen LogP contribution in [0.3, 0.4) is 0 Å². The number of nitrogens with one attached hydrogen (secondary N) is 1. The normalized spacial score (nSPS) is 18.7. The fraction of sp³-hybridized carbons (Fsp3) is 0.421. The van der Waals surface area contributed by atoms with Gasteiger partial charge in [0.2, 0.25) is 11.8 Å². The maximum absolute atomic E-state index is 12.2. The molecular weight excluding hydrogens is 346 g/mol. The second-order valence-corrected chi connectivity index (χ2v) is 6.98. The van der Waals surface area contributed by atoms with Crippen molar-refractivity contribution < 1.29 is 14.3 Å². The summed E-state index contributed by atoms with van der Waals surface area (Å²) in [6.45, 7) is 3.29. The summed E-state index contributed by atoms with van der Waals surface area (Å²) in [5.41, 5.74) is 7.89. The molecule has 0 bridgehead atoms. The molecule has 0 saturated carbocycles. The third-order valence-corrected chi connectivity index (χ3v) is 5.11. The van der Waals surface area contributed by atoms with Crippen LogP contribution in [0.1, 0.15) is 28.9 Å². The molecule has 1 unspecified atom stereocenters. The minimum Gasteiger partial charge on any atom is -0.476 e. The minimum atomic E-state index is -0.227. The van der Waals surface area contributed by atoms with E-state index in [2.05, 4.69) is 15.3 Å². The van der Waals surface area contributed by atoms with Crippen LogP contribution in [0.15, 0.2) is 30.3 Å². The van der Waals surface area contributed by atoms with Crippen molar-refractivity contribution in [1.29, 1.82) is 0 Å². The second kappa shape index (κ2) is 7.30. The van der Waals surface area contributed by atoms with Crippen molar-refractivity contribution in [3.05, 3.63) is 41.6 Å². The summed E-state index contributed by atoms with van der Waals surface area (Å²) < 4.78 is 7.07. The number of fused-ring (bicyclic) bond motifs is 1. The summed E-state index contributed by atoms with van der Waals surface area (Å²) in [4.78, 5) is 25.9. The van der Waals surface area contributed by atoms with E-state index in [1.165, 1.54) is 0 Å². The van der Waals surface area contributed by atoms with Crippen LogP contribution < -0.4 is 20.7 Å². The summed E-state index contributed by atoms with van der Waals surface area (Å²) in [7, 11) is 0. The number of ether oxygens (including phenoxy) is 1. The van der Waals surface area contributed by atoms with Crippen molar-refractivity contribution in [2.45, 2.75) is 25.9 Å². The summed E-state index contributed by atoms with van der Waals surface area (Å²) in [6.07, 6.45) is 1.82. The first-order valence-corrected chi connectivity index (χ1v) is 9.22. The van der Waals surface area contributed by atoms with E-state index in [4.69, 9.17) is 10.5 Å². The van der Waals surface area contributed by atoms with Crippen molar-refractivity contribution in [3.63, 3.8) is 0 Å². The predicted octanol–water partition coefficient (Wildman–Crippen LogP) is 0.907. The van der Waals surface area contributed by atoms with E-state index < -0.39 is 0 Å². The number of amides is 2. The SMILES string of the molecule is NC(=O)C1CCCN(c2ccc(CNC(=O)c3cc4n(n3)CCO4)cc2)C1. The Balaban J connectivity index is 1.33. The highest BCUT2D eigenvalue weighted by Crippen LogP contribution is 2.23. The number of benzene rings is 1. The fourth-order valence-corrected chi connectivity index (χ4v) is 3.57. The molecule has 2 aromatic rings. The standard InChI is InChI=1S/C19H23N5O3/c20-18(25)14-2-1-7-23(12-14)15-5-3-13(4-6-15)11-21-19(26)16-10-17-24(22-16)8-9-27-17/h3-6,10,14H,1-2,7-9,11-12H2,(H2,20,25)(H,21,26). The highest BCUT2D eigenvalue weighted by molar-refractivity contribution is 5.92. The number of primary amides is 1. The van der Waals surface area contributed by atoms with E-state index in [0.29, 0.717) is 37.8 Å². The van der Waals surface area contributed by atoms with Crippen LogP contribution in [0.4, 0.5) is 5.69 Å². The number of hydrogen-bond acceptors (Lipinski definition) is 5. The van der Waals surface area contributed by atoms with Crippen LogP contribution in [-0.4, -0.2) is 41.3 Å². The number of rotatable bonds is 5. The van der Waals surface area contributed by atoms with Gasteiger partial charge in [-0.15, -0.1) is 0 Å². The van der Waals surface area contributed by atoms with Gasteiger partial charge in [0.05, 0.1) is 12.5 Å². The van der Waals surface area contributed by atoms with Gasteiger partial charge in [-0.1, -0.05) is 12.1 Å². The van der Waals surface area contributed by atoms with E-state index in [0.717, 1.165) is 30.6 Å². The first-order valence-electron chi connectivity index (χ1n) is 9.22. The maximum atomic E-state index is 12.2. The molecule has 0 radical (unpaired) electrons. The number of nitrogens with two attached hydrogens (primary N) is 1. The molecule has 0 aliphatic carbocycles. The van der Waals surface area contributed by atoms with Gasteiger partial charge in [-0.25, -0.2) is 4.68 Å². The fourth-order valence-electron chi connectivity index (χ4n) is 3.57. The Kier molecular flexibility index (Phi) is 4.70. The highest BCUT2D eigenvalue weighted by atomic mass is 16.5. The van der Waals surface area contributed by atoms with Crippen LogP contribution >= 0.6 is 0 Å². The van der Waals surface area contributed by atoms with E-state index >= 15 is 0 Å². The molecule has 4 rings (SSSR count). The molecule has 2 aliphatic rings. The van der Waals surface area contributed by atoms with Crippen LogP contribution in [0, 0.1) is 5.92 Å². The van der Waals surface area contributed by atoms with Gasteiger partial charge in [-0.2, -0.15) is 5.10 Å². The third kappa shape index (κ3) is 3.74. The number of carbonyl (C=O) groups is 2. The summed E-state index contributed by atoms with van der Waals surface area (Å²) in [5, 5.41) is 7.11. The Hall–Kier alpha value is -3.03. The van der Waals surface area contributed by atoms with Crippen LogP contribution in [0.2, 0.25) is 0 Å². The average molecular weight is 369 g/mol. The number of anilines is 1. The van der Waals surface area contributed by atoms with Gasteiger partial charge in [-0.05, 0) is 30.5 Å². The van der Waals surface area contributed by atoms with Crippen molar-refractivity contribution in [2.24, 2.45) is 11.7 Å². The molecule has 27 heavy (non-hydrogen) atoms. The van der Waals surface area contributed by atoms with Gasteiger partial charge in [-0.3, -0.25) is 9.59 Å². The van der Waals surface area contributed by atoms with Crippen LogP contribution in [0.5, 0.6) is 5.88 Å². The van der Waals surface area contributed by atoms with Gasteiger partial charge in [0.15, 0.2) is 5.69 Å². The maximum Gasteiger partial charge on any atom is 0.272 e. The van der Waals surface area contributed by atoms with E-state index in [9.17, 15) is 9.59 Å². The van der Waals surface area contributed by atoms with Gasteiger partial charge in [0.25, 0.3) is 5.91 Å². The molecule has 8 nitrogen and oxygen atoms in total. The Labute approximate surface area is 157 Å². The van der Waals surface area contributed by atoms with Crippen LogP contribution in [-0.2, 0) is 17.9 Å². The first-order chi connectivity index (χ1) is 13.1. The quantitative estimate of drug-likeness (QED) is 0.815.